The minimum atomic E-state index is -0.416. The van der Waals surface area contributed by atoms with Gasteiger partial charge >= 0.3 is 0 Å². The van der Waals surface area contributed by atoms with Crippen molar-refractivity contribution in [3.63, 3.8) is 0 Å². The summed E-state index contributed by atoms with van der Waals surface area (Å²) in [6.45, 7) is 2.34. The molecule has 0 fully saturated rings. The highest BCUT2D eigenvalue weighted by Gasteiger charge is 2.39. The monoisotopic (exact) mass is 409 g/mol. The topological polar surface area (TPSA) is 79.2 Å². The largest absolute Gasteiger partial charge is 0.370 e. The first-order chi connectivity index (χ1) is 15.0. The Labute approximate surface area is 180 Å². The van der Waals surface area contributed by atoms with Crippen molar-refractivity contribution in [3.8, 4) is 11.3 Å². The molecule has 0 unspecified atom stereocenters. The Kier molecular flexibility index (Phi) is 4.59. The summed E-state index contributed by atoms with van der Waals surface area (Å²) in [6, 6.07) is 23.9. The fraction of sp³-hybridized carbons (Fsp3) is 0.154. The number of para-hydroxylation sites is 1. The van der Waals surface area contributed by atoms with Crippen molar-refractivity contribution < 1.29 is 9.59 Å². The van der Waals surface area contributed by atoms with Crippen molar-refractivity contribution >= 4 is 22.7 Å². The van der Waals surface area contributed by atoms with Crippen LogP contribution in [-0.4, -0.2) is 28.2 Å². The van der Waals surface area contributed by atoms with Gasteiger partial charge in [-0.2, -0.15) is 0 Å². The van der Waals surface area contributed by atoms with E-state index < -0.39 is 5.91 Å². The lowest BCUT2D eigenvalue weighted by Crippen LogP contribution is -2.32. The van der Waals surface area contributed by atoms with Crippen molar-refractivity contribution in [2.24, 2.45) is 5.73 Å². The molecule has 1 atom stereocenters. The van der Waals surface area contributed by atoms with Gasteiger partial charge in [0.25, 0.3) is 5.91 Å². The van der Waals surface area contributed by atoms with Gasteiger partial charge in [-0.05, 0) is 30.2 Å². The summed E-state index contributed by atoms with van der Waals surface area (Å²) in [4.78, 5) is 30.2. The van der Waals surface area contributed by atoms with Crippen LogP contribution in [0.1, 0.15) is 39.5 Å². The molecule has 154 valence electrons. The SMILES string of the molecule is Cc1ccc(-c2[nH]c3ccccc3c2[C@@H]2c3ccccc3C(=O)N2CCC(N)=O)cc1. The molecule has 0 saturated carbocycles. The predicted molar refractivity (Wildman–Crippen MR) is 122 cm³/mol. The van der Waals surface area contributed by atoms with E-state index in [1.54, 1.807) is 4.90 Å². The number of nitrogens with one attached hydrogen (secondary N) is 1. The van der Waals surface area contributed by atoms with Crippen LogP contribution in [0, 0.1) is 6.92 Å². The molecule has 1 aromatic heterocycles. The number of carbonyl (C=O) groups excluding carboxylic acids is 2. The second kappa shape index (κ2) is 7.43. The van der Waals surface area contributed by atoms with Crippen LogP contribution in [0.15, 0.2) is 72.8 Å². The lowest BCUT2D eigenvalue weighted by Gasteiger charge is -2.26. The summed E-state index contributed by atoms with van der Waals surface area (Å²) in [7, 11) is 0. The first-order valence-electron chi connectivity index (χ1n) is 10.4. The molecule has 0 saturated heterocycles. The second-order valence-corrected chi connectivity index (χ2v) is 8.03. The third-order valence-electron chi connectivity index (χ3n) is 6.02. The molecule has 1 aliphatic rings. The Balaban J connectivity index is 1.76. The van der Waals surface area contributed by atoms with Crippen LogP contribution >= 0.6 is 0 Å². The maximum Gasteiger partial charge on any atom is 0.255 e. The summed E-state index contributed by atoms with van der Waals surface area (Å²) in [5.41, 5.74) is 12.3. The minimum Gasteiger partial charge on any atom is -0.370 e. The Bertz CT molecular complexity index is 1300. The molecule has 3 aromatic carbocycles. The molecule has 3 N–H and O–H groups in total. The Morgan fingerprint density at radius 1 is 1.00 bits per heavy atom. The van der Waals surface area contributed by atoms with E-state index in [0.29, 0.717) is 5.56 Å². The van der Waals surface area contributed by atoms with Crippen molar-refractivity contribution in [3.05, 3.63) is 95.1 Å². The smallest absolute Gasteiger partial charge is 0.255 e. The van der Waals surface area contributed by atoms with Crippen LogP contribution in [0.5, 0.6) is 0 Å². The maximum atomic E-state index is 13.3. The normalized spacial score (nSPS) is 15.5. The average molecular weight is 409 g/mol. The number of nitrogens with two attached hydrogens (primary N) is 1. The number of amides is 2. The lowest BCUT2D eigenvalue weighted by atomic mass is 9.93. The van der Waals surface area contributed by atoms with Crippen LogP contribution < -0.4 is 5.73 Å². The zero-order chi connectivity index (χ0) is 21.5. The zero-order valence-corrected chi connectivity index (χ0v) is 17.3. The van der Waals surface area contributed by atoms with Crippen LogP contribution in [0.25, 0.3) is 22.2 Å². The van der Waals surface area contributed by atoms with E-state index in [9.17, 15) is 9.59 Å². The van der Waals surface area contributed by atoms with Gasteiger partial charge < -0.3 is 15.6 Å². The van der Waals surface area contributed by atoms with Crippen LogP contribution in [0.2, 0.25) is 0 Å². The van der Waals surface area contributed by atoms with Gasteiger partial charge in [0.1, 0.15) is 0 Å². The van der Waals surface area contributed by atoms with Crippen LogP contribution in [0.3, 0.4) is 0 Å². The molecule has 5 nitrogen and oxygen atoms in total. The maximum absolute atomic E-state index is 13.3. The van der Waals surface area contributed by atoms with E-state index in [0.717, 1.165) is 33.3 Å². The van der Waals surface area contributed by atoms with Crippen molar-refractivity contribution in [1.82, 2.24) is 9.88 Å². The minimum absolute atomic E-state index is 0.0676. The van der Waals surface area contributed by atoms with Crippen LogP contribution in [0.4, 0.5) is 0 Å². The highest BCUT2D eigenvalue weighted by atomic mass is 16.2. The van der Waals surface area contributed by atoms with Crippen LogP contribution in [-0.2, 0) is 4.79 Å². The Morgan fingerprint density at radius 2 is 1.71 bits per heavy atom. The Hall–Kier alpha value is -3.86. The lowest BCUT2D eigenvalue weighted by molar-refractivity contribution is -0.118. The third kappa shape index (κ3) is 3.19. The van der Waals surface area contributed by atoms with Gasteiger partial charge in [-0.15, -0.1) is 0 Å². The van der Waals surface area contributed by atoms with E-state index in [1.165, 1.54) is 5.56 Å². The van der Waals surface area contributed by atoms with Gasteiger partial charge in [0.2, 0.25) is 5.91 Å². The number of aromatic amines is 1. The molecule has 5 rings (SSSR count). The predicted octanol–water partition coefficient (Wildman–Crippen LogP) is 4.56. The van der Waals surface area contributed by atoms with E-state index in [4.69, 9.17) is 5.73 Å². The highest BCUT2D eigenvalue weighted by Crippen LogP contribution is 2.45. The molecule has 0 spiro atoms. The highest BCUT2D eigenvalue weighted by molar-refractivity contribution is 6.02. The molecular weight excluding hydrogens is 386 g/mol. The summed E-state index contributed by atoms with van der Waals surface area (Å²) in [5, 5.41) is 1.07. The summed E-state index contributed by atoms with van der Waals surface area (Å²) in [6.07, 6.45) is 0.123. The number of nitrogens with zero attached hydrogens (tertiary/aromatic N) is 1. The van der Waals surface area contributed by atoms with Crippen molar-refractivity contribution in [1.29, 1.82) is 0 Å². The van der Waals surface area contributed by atoms with E-state index in [1.807, 2.05) is 42.5 Å². The molecular formula is C26H23N3O2. The molecule has 0 aliphatic carbocycles. The molecule has 5 heteroatoms. The quantitative estimate of drug-likeness (QED) is 0.507. The Morgan fingerprint density at radius 3 is 2.48 bits per heavy atom. The van der Waals surface area contributed by atoms with Gasteiger partial charge in [0, 0.05) is 35.0 Å². The standard InChI is InChI=1S/C26H23N3O2/c1-16-10-12-17(13-11-16)24-23(20-8-4-5-9-21(20)28-24)25-18-6-2-3-7-19(18)26(31)29(25)15-14-22(27)30/h2-13,25,28H,14-15H2,1H3,(H2,27,30)/t25-/m0/s1. The number of H-pyrrole nitrogens is 1. The molecule has 0 bridgehead atoms. The number of carbonyl (C=O) groups is 2. The fourth-order valence-corrected chi connectivity index (χ4v) is 4.54. The van der Waals surface area contributed by atoms with Crippen molar-refractivity contribution in [2.45, 2.75) is 19.4 Å². The van der Waals surface area contributed by atoms with E-state index in [2.05, 4.69) is 42.2 Å². The van der Waals surface area contributed by atoms with Gasteiger partial charge in [0.15, 0.2) is 0 Å². The van der Waals surface area contributed by atoms with Gasteiger partial charge in [-0.1, -0.05) is 66.2 Å². The number of benzene rings is 3. The summed E-state index contributed by atoms with van der Waals surface area (Å²) < 4.78 is 0. The summed E-state index contributed by atoms with van der Waals surface area (Å²) in [5.74, 6) is -0.484. The number of primary amides is 1. The zero-order valence-electron chi connectivity index (χ0n) is 17.3. The van der Waals surface area contributed by atoms with Crippen molar-refractivity contribution in [2.75, 3.05) is 6.54 Å². The van der Waals surface area contributed by atoms with Gasteiger partial charge in [-0.25, -0.2) is 0 Å². The molecule has 0 radical (unpaired) electrons. The molecule has 1 aliphatic heterocycles. The number of aromatic nitrogens is 1. The molecule has 4 aromatic rings. The number of aryl methyl sites for hydroxylation is 1. The second-order valence-electron chi connectivity index (χ2n) is 8.03. The number of hydrogen-bond acceptors (Lipinski definition) is 2. The first kappa shape index (κ1) is 19.1. The fourth-order valence-electron chi connectivity index (χ4n) is 4.54. The number of hydrogen-bond donors (Lipinski definition) is 2. The average Bonchev–Trinajstić information content (AvgIpc) is 3.28. The molecule has 31 heavy (non-hydrogen) atoms. The van der Waals surface area contributed by atoms with E-state index in [-0.39, 0.29) is 24.9 Å². The molecule has 2 heterocycles. The van der Waals surface area contributed by atoms with Gasteiger partial charge in [0.05, 0.1) is 11.7 Å². The molecule has 2 amide bonds. The first-order valence-corrected chi connectivity index (χ1v) is 10.4. The van der Waals surface area contributed by atoms with E-state index >= 15 is 0 Å². The summed E-state index contributed by atoms with van der Waals surface area (Å²) >= 11 is 0. The number of rotatable bonds is 5. The number of fused-ring (bicyclic) bond motifs is 2. The van der Waals surface area contributed by atoms with Gasteiger partial charge in [-0.3, -0.25) is 9.59 Å². The third-order valence-corrected chi connectivity index (χ3v) is 6.02.